The molecular formula is C35H30FN7O7S. The number of sulfonamides is 1. The Morgan fingerprint density at radius 1 is 1.00 bits per heavy atom. The van der Waals surface area contributed by atoms with Crippen LogP contribution in [0.15, 0.2) is 96.2 Å². The molecule has 0 fully saturated rings. The van der Waals surface area contributed by atoms with Gasteiger partial charge in [0.25, 0.3) is 10.0 Å². The molecule has 0 amide bonds. The average molecular weight is 712 g/mol. The fraction of sp³-hybridized carbons (Fsp3) is 0.143. The number of fused-ring (bicyclic) bond motifs is 2. The SMILES string of the molecule is COc1cc(C(=O)ONS(=O)(=O)c2ccccc2C)ccc1Cn1ncc2ccc(N(c3ccc4c(c3)OCCO4)c3nc(N)ncc3F)cc21. The number of methoxy groups -OCH3 is 1. The van der Waals surface area contributed by atoms with Crippen molar-refractivity contribution in [3.05, 3.63) is 114 Å². The van der Waals surface area contributed by atoms with E-state index < -0.39 is 21.8 Å². The monoisotopic (exact) mass is 711 g/mol. The molecule has 2 aromatic heterocycles. The van der Waals surface area contributed by atoms with E-state index in [9.17, 15) is 13.2 Å². The maximum Gasteiger partial charge on any atom is 0.357 e. The summed E-state index contributed by atoms with van der Waals surface area (Å²) in [5.41, 5.74) is 8.86. The second-order valence-corrected chi connectivity index (χ2v) is 13.0. The van der Waals surface area contributed by atoms with Crippen LogP contribution in [0, 0.1) is 12.7 Å². The summed E-state index contributed by atoms with van der Waals surface area (Å²) < 4.78 is 59.5. The molecule has 1 aliphatic rings. The molecule has 1 aliphatic heterocycles. The quantitative estimate of drug-likeness (QED) is 0.178. The molecule has 16 heteroatoms. The van der Waals surface area contributed by atoms with Crippen molar-refractivity contribution < 1.29 is 36.7 Å². The van der Waals surface area contributed by atoms with Crippen molar-refractivity contribution in [1.82, 2.24) is 24.6 Å². The zero-order valence-electron chi connectivity index (χ0n) is 27.2. The van der Waals surface area contributed by atoms with E-state index in [2.05, 4.69) is 15.1 Å². The van der Waals surface area contributed by atoms with Gasteiger partial charge < -0.3 is 24.8 Å². The van der Waals surface area contributed by atoms with E-state index >= 15 is 4.39 Å². The third kappa shape index (κ3) is 6.69. The van der Waals surface area contributed by atoms with Crippen molar-refractivity contribution in [2.75, 3.05) is 31.0 Å². The first kappa shape index (κ1) is 33.2. The van der Waals surface area contributed by atoms with Crippen LogP contribution in [0.1, 0.15) is 21.5 Å². The van der Waals surface area contributed by atoms with Gasteiger partial charge in [0.1, 0.15) is 19.0 Å². The summed E-state index contributed by atoms with van der Waals surface area (Å²) in [4.78, 5) is 29.3. The van der Waals surface area contributed by atoms with Crippen LogP contribution >= 0.6 is 0 Å². The number of nitrogen functional groups attached to an aromatic ring is 1. The second kappa shape index (κ2) is 13.6. The Kier molecular flexibility index (Phi) is 8.84. The van der Waals surface area contributed by atoms with Crippen LogP contribution in [0.2, 0.25) is 0 Å². The molecule has 4 aromatic carbocycles. The zero-order chi connectivity index (χ0) is 35.7. The van der Waals surface area contributed by atoms with Crippen molar-refractivity contribution in [1.29, 1.82) is 0 Å². The molecule has 0 spiro atoms. The van der Waals surface area contributed by atoms with Gasteiger partial charge in [0, 0.05) is 22.7 Å². The predicted molar refractivity (Wildman–Crippen MR) is 184 cm³/mol. The van der Waals surface area contributed by atoms with Gasteiger partial charge in [-0.1, -0.05) is 24.3 Å². The highest BCUT2D eigenvalue weighted by Gasteiger charge is 2.24. The van der Waals surface area contributed by atoms with Gasteiger partial charge in [-0.3, -0.25) is 9.58 Å². The zero-order valence-corrected chi connectivity index (χ0v) is 28.1. The van der Waals surface area contributed by atoms with Gasteiger partial charge in [-0.2, -0.15) is 10.1 Å². The number of carbonyl (C=O) groups is 1. The lowest BCUT2D eigenvalue weighted by molar-refractivity contribution is 0.0407. The largest absolute Gasteiger partial charge is 0.496 e. The molecule has 6 aromatic rings. The number of nitrogens with two attached hydrogens (primary N) is 1. The Hall–Kier alpha value is -6.26. The smallest absolute Gasteiger partial charge is 0.357 e. The van der Waals surface area contributed by atoms with E-state index in [0.717, 1.165) is 11.6 Å². The summed E-state index contributed by atoms with van der Waals surface area (Å²) in [6, 6.07) is 21.6. The molecule has 260 valence electrons. The Morgan fingerprint density at radius 3 is 2.57 bits per heavy atom. The highest BCUT2D eigenvalue weighted by atomic mass is 32.2. The van der Waals surface area contributed by atoms with E-state index in [1.54, 1.807) is 71.2 Å². The third-order valence-corrected chi connectivity index (χ3v) is 9.44. The molecule has 0 radical (unpaired) electrons. The number of rotatable bonds is 10. The number of ether oxygens (including phenoxy) is 3. The molecule has 3 N–H and O–H groups in total. The Morgan fingerprint density at radius 2 is 1.76 bits per heavy atom. The van der Waals surface area contributed by atoms with Gasteiger partial charge >= 0.3 is 5.97 Å². The number of benzene rings is 4. The number of carbonyl (C=O) groups excluding carboxylic acids is 1. The molecular weight excluding hydrogens is 681 g/mol. The number of hydrogen-bond donors (Lipinski definition) is 2. The Bertz CT molecular complexity index is 2400. The summed E-state index contributed by atoms with van der Waals surface area (Å²) in [6.45, 7) is 2.63. The van der Waals surface area contributed by atoms with E-state index in [1.807, 2.05) is 17.0 Å². The summed E-state index contributed by atoms with van der Waals surface area (Å²) in [5, 5.41) is 5.36. The molecule has 0 bridgehead atoms. The number of hydrogen-bond acceptors (Lipinski definition) is 12. The van der Waals surface area contributed by atoms with Gasteiger partial charge in [-0.15, -0.1) is 0 Å². The van der Waals surface area contributed by atoms with E-state index in [-0.39, 0.29) is 28.8 Å². The predicted octanol–water partition coefficient (Wildman–Crippen LogP) is 5.20. The van der Waals surface area contributed by atoms with Crippen LogP contribution in [0.25, 0.3) is 10.9 Å². The topological polar surface area (TPSA) is 173 Å². The number of aromatic nitrogens is 4. The van der Waals surface area contributed by atoms with Crippen LogP contribution in [0.5, 0.6) is 17.2 Å². The van der Waals surface area contributed by atoms with Crippen LogP contribution in [0.4, 0.5) is 27.5 Å². The molecule has 0 atom stereocenters. The maximum atomic E-state index is 15.3. The Labute approximate surface area is 291 Å². The minimum absolute atomic E-state index is 0.0129. The highest BCUT2D eigenvalue weighted by Crippen LogP contribution is 2.41. The third-order valence-electron chi connectivity index (χ3n) is 8.10. The molecule has 0 saturated carbocycles. The number of nitrogens with zero attached hydrogens (tertiary/aromatic N) is 5. The van der Waals surface area contributed by atoms with Crippen LogP contribution in [-0.4, -0.2) is 54.5 Å². The lowest BCUT2D eigenvalue weighted by Gasteiger charge is -2.26. The van der Waals surface area contributed by atoms with Crippen molar-refractivity contribution in [3.63, 3.8) is 0 Å². The van der Waals surface area contributed by atoms with Gasteiger partial charge in [0.05, 0.1) is 47.7 Å². The molecule has 7 rings (SSSR count). The van der Waals surface area contributed by atoms with Crippen molar-refractivity contribution in [3.8, 4) is 17.2 Å². The molecule has 0 saturated heterocycles. The second-order valence-electron chi connectivity index (χ2n) is 11.4. The molecule has 51 heavy (non-hydrogen) atoms. The molecule has 0 unspecified atom stereocenters. The summed E-state index contributed by atoms with van der Waals surface area (Å²) in [5.74, 6) is -0.402. The van der Waals surface area contributed by atoms with Gasteiger partial charge in [0.2, 0.25) is 5.95 Å². The van der Waals surface area contributed by atoms with E-state index in [0.29, 0.717) is 58.5 Å². The molecule has 0 aliphatic carbocycles. The van der Waals surface area contributed by atoms with E-state index in [4.69, 9.17) is 24.8 Å². The lowest BCUT2D eigenvalue weighted by Crippen LogP contribution is -2.28. The number of nitrogens with one attached hydrogen (secondary N) is 1. The van der Waals surface area contributed by atoms with Gasteiger partial charge in [-0.05, 0) is 65.9 Å². The standard InChI is InChI=1S/C35H30FN7O7S/c1-21-5-3-4-6-32(21)51(45,46)41-50-34(44)22-7-8-24(30(15-22)47-2)20-42-28-16-25(10-9-23(28)18-39-42)43(33-27(36)19-38-35(37)40-33)26-11-12-29-31(17-26)49-14-13-48-29/h3-12,15-19,41H,13-14,20H2,1-2H3,(H2,37,38,40). The van der Waals surface area contributed by atoms with Crippen LogP contribution < -0.4 is 29.7 Å². The fourth-order valence-corrected chi connectivity index (χ4v) is 6.66. The summed E-state index contributed by atoms with van der Waals surface area (Å²) >= 11 is 0. The number of aryl methyl sites for hydroxylation is 1. The lowest BCUT2D eigenvalue weighted by atomic mass is 10.1. The Balaban J connectivity index is 1.18. The van der Waals surface area contributed by atoms with Crippen LogP contribution in [-0.2, 0) is 21.4 Å². The molecule has 3 heterocycles. The first-order valence-corrected chi connectivity index (χ1v) is 17.0. The van der Waals surface area contributed by atoms with Gasteiger partial charge in [0.15, 0.2) is 23.1 Å². The van der Waals surface area contributed by atoms with E-state index in [1.165, 1.54) is 25.3 Å². The van der Waals surface area contributed by atoms with Crippen LogP contribution in [0.3, 0.4) is 0 Å². The average Bonchev–Trinajstić information content (AvgIpc) is 3.54. The van der Waals surface area contributed by atoms with Crippen molar-refractivity contribution >= 4 is 50.0 Å². The fourth-order valence-electron chi connectivity index (χ4n) is 5.63. The first-order chi connectivity index (χ1) is 24.6. The minimum atomic E-state index is -4.11. The van der Waals surface area contributed by atoms with Gasteiger partial charge in [-0.25, -0.2) is 22.6 Å². The summed E-state index contributed by atoms with van der Waals surface area (Å²) in [6.07, 6.45) is 2.70. The normalized spacial score (nSPS) is 12.5. The highest BCUT2D eigenvalue weighted by molar-refractivity contribution is 7.89. The van der Waals surface area contributed by atoms with Crippen molar-refractivity contribution in [2.24, 2.45) is 0 Å². The summed E-state index contributed by atoms with van der Waals surface area (Å²) in [7, 11) is -2.67. The number of anilines is 4. The first-order valence-electron chi connectivity index (χ1n) is 15.5. The minimum Gasteiger partial charge on any atom is -0.496 e. The maximum absolute atomic E-state index is 15.3. The number of halogens is 1. The van der Waals surface area contributed by atoms with Crippen molar-refractivity contribution in [2.45, 2.75) is 18.4 Å². The molecule has 14 nitrogen and oxygen atoms in total.